The maximum Gasteiger partial charge on any atom is 0.228 e. The summed E-state index contributed by atoms with van der Waals surface area (Å²) >= 11 is 0. The number of carbonyl (C=O) groups is 1. The Morgan fingerprint density at radius 2 is 1.71 bits per heavy atom. The lowest BCUT2D eigenvalue weighted by Crippen LogP contribution is -2.32. The van der Waals surface area contributed by atoms with Gasteiger partial charge in [-0.25, -0.2) is 0 Å². The number of nitriles is 1. The topological polar surface area (TPSA) is 70.1 Å². The Hall–Kier alpha value is -2.80. The first-order chi connectivity index (χ1) is 10.2. The second-order valence-corrected chi connectivity index (χ2v) is 4.81. The van der Waals surface area contributed by atoms with E-state index >= 15 is 0 Å². The fourth-order valence-corrected chi connectivity index (χ4v) is 2.04. The maximum absolute atomic E-state index is 12.3. The molecule has 0 aromatic heterocycles. The van der Waals surface area contributed by atoms with E-state index < -0.39 is 0 Å². The summed E-state index contributed by atoms with van der Waals surface area (Å²) in [5.41, 5.74) is 8.21. The summed E-state index contributed by atoms with van der Waals surface area (Å²) < 4.78 is 0. The summed E-state index contributed by atoms with van der Waals surface area (Å²) in [6.07, 6.45) is 0.273. The van der Waals surface area contributed by atoms with Crippen LogP contribution in [-0.2, 0) is 17.8 Å². The van der Waals surface area contributed by atoms with Gasteiger partial charge in [-0.2, -0.15) is 5.26 Å². The van der Waals surface area contributed by atoms with E-state index in [1.54, 1.807) is 17.0 Å². The molecule has 0 radical (unpaired) electrons. The van der Waals surface area contributed by atoms with Crippen molar-refractivity contribution in [3.05, 3.63) is 65.7 Å². The van der Waals surface area contributed by atoms with Crippen molar-refractivity contribution in [1.82, 2.24) is 4.90 Å². The fourth-order valence-electron chi connectivity index (χ4n) is 2.04. The number of nitrogens with zero attached hydrogens (tertiary/aromatic N) is 2. The first kappa shape index (κ1) is 14.6. The van der Waals surface area contributed by atoms with Crippen LogP contribution >= 0.6 is 0 Å². The van der Waals surface area contributed by atoms with E-state index in [0.717, 1.165) is 11.1 Å². The molecule has 2 N–H and O–H groups in total. The summed E-state index contributed by atoms with van der Waals surface area (Å²) in [5, 5.41) is 8.91. The second kappa shape index (κ2) is 7.11. The summed E-state index contributed by atoms with van der Waals surface area (Å²) in [6.45, 7) is 0.533. The van der Waals surface area contributed by atoms with Crippen LogP contribution in [0.3, 0.4) is 0 Å². The second-order valence-electron chi connectivity index (χ2n) is 4.81. The minimum absolute atomic E-state index is 0.0647. The lowest BCUT2D eigenvalue weighted by atomic mass is 10.1. The van der Waals surface area contributed by atoms with E-state index in [2.05, 4.69) is 0 Å². The van der Waals surface area contributed by atoms with Gasteiger partial charge >= 0.3 is 0 Å². The van der Waals surface area contributed by atoms with E-state index in [4.69, 9.17) is 11.0 Å². The van der Waals surface area contributed by atoms with Crippen molar-refractivity contribution in [2.24, 2.45) is 0 Å². The molecule has 2 rings (SSSR count). The third-order valence-corrected chi connectivity index (χ3v) is 3.17. The number of amides is 1. The Morgan fingerprint density at radius 1 is 1.05 bits per heavy atom. The van der Waals surface area contributed by atoms with E-state index in [1.165, 1.54) is 0 Å². The number of hydrogen-bond acceptors (Lipinski definition) is 3. The van der Waals surface area contributed by atoms with Gasteiger partial charge in [0.15, 0.2) is 0 Å². The quantitative estimate of drug-likeness (QED) is 0.674. The Kier molecular flexibility index (Phi) is 4.94. The van der Waals surface area contributed by atoms with Crippen molar-refractivity contribution in [3.63, 3.8) is 0 Å². The zero-order valence-electron chi connectivity index (χ0n) is 11.7. The van der Waals surface area contributed by atoms with E-state index in [9.17, 15) is 4.79 Å². The molecule has 0 aliphatic rings. The molecule has 0 atom stereocenters. The first-order valence-corrected chi connectivity index (χ1v) is 6.72. The van der Waals surface area contributed by atoms with Crippen LogP contribution in [0.15, 0.2) is 54.6 Å². The molecule has 4 heteroatoms. The monoisotopic (exact) mass is 279 g/mol. The van der Waals surface area contributed by atoms with Crippen LogP contribution in [0, 0.1) is 11.3 Å². The molecule has 0 heterocycles. The normalized spacial score (nSPS) is 9.86. The summed E-state index contributed by atoms with van der Waals surface area (Å²) in [6, 6.07) is 18.9. The van der Waals surface area contributed by atoms with Crippen molar-refractivity contribution in [3.8, 4) is 6.07 Å². The highest BCUT2D eigenvalue weighted by Gasteiger charge is 2.14. The molecule has 0 saturated carbocycles. The van der Waals surface area contributed by atoms with Gasteiger partial charge in [0.2, 0.25) is 5.91 Å². The number of nitrogen functional groups attached to an aromatic ring is 1. The van der Waals surface area contributed by atoms with Crippen LogP contribution in [-0.4, -0.2) is 17.4 Å². The Labute approximate surface area is 124 Å². The molecular formula is C17H17N3O. The number of carbonyl (C=O) groups excluding carboxylic acids is 1. The van der Waals surface area contributed by atoms with Gasteiger partial charge in [0.1, 0.15) is 6.54 Å². The van der Waals surface area contributed by atoms with Crippen LogP contribution in [0.4, 0.5) is 5.69 Å². The number of benzene rings is 2. The lowest BCUT2D eigenvalue weighted by Gasteiger charge is -2.19. The Morgan fingerprint density at radius 3 is 2.33 bits per heavy atom. The minimum atomic E-state index is -0.0647. The van der Waals surface area contributed by atoms with E-state index in [0.29, 0.717) is 12.2 Å². The van der Waals surface area contributed by atoms with Crippen molar-refractivity contribution in [1.29, 1.82) is 5.26 Å². The molecule has 2 aromatic rings. The van der Waals surface area contributed by atoms with Gasteiger partial charge in [-0.05, 0) is 23.3 Å². The number of hydrogen-bond donors (Lipinski definition) is 1. The predicted molar refractivity (Wildman–Crippen MR) is 82.0 cm³/mol. The molecule has 0 spiro atoms. The Balaban J connectivity index is 2.05. The molecule has 0 aliphatic carbocycles. The molecule has 0 bridgehead atoms. The van der Waals surface area contributed by atoms with Crippen LogP contribution in [0.1, 0.15) is 11.1 Å². The average molecular weight is 279 g/mol. The highest BCUT2D eigenvalue weighted by Crippen LogP contribution is 2.10. The van der Waals surface area contributed by atoms with Gasteiger partial charge in [0.25, 0.3) is 0 Å². The first-order valence-electron chi connectivity index (χ1n) is 6.72. The summed E-state index contributed by atoms with van der Waals surface area (Å²) in [5.74, 6) is -0.0647. The van der Waals surface area contributed by atoms with Gasteiger partial charge < -0.3 is 10.6 Å². The molecule has 0 saturated heterocycles. The van der Waals surface area contributed by atoms with Gasteiger partial charge in [0, 0.05) is 12.2 Å². The van der Waals surface area contributed by atoms with Gasteiger partial charge in [-0.3, -0.25) is 4.79 Å². The third-order valence-electron chi connectivity index (χ3n) is 3.17. The lowest BCUT2D eigenvalue weighted by molar-refractivity contribution is -0.130. The van der Waals surface area contributed by atoms with Gasteiger partial charge in [0.05, 0.1) is 12.5 Å². The molecule has 21 heavy (non-hydrogen) atoms. The smallest absolute Gasteiger partial charge is 0.228 e. The highest BCUT2D eigenvalue weighted by atomic mass is 16.2. The number of nitrogens with two attached hydrogens (primary N) is 1. The maximum atomic E-state index is 12.3. The van der Waals surface area contributed by atoms with E-state index in [1.807, 2.05) is 48.5 Å². The van der Waals surface area contributed by atoms with Crippen LogP contribution in [0.25, 0.3) is 0 Å². The number of anilines is 1. The molecular weight excluding hydrogens is 262 g/mol. The molecule has 0 fully saturated rings. The highest BCUT2D eigenvalue weighted by molar-refractivity contribution is 5.79. The molecule has 2 aromatic carbocycles. The fraction of sp³-hybridized carbons (Fsp3) is 0.176. The van der Waals surface area contributed by atoms with Gasteiger partial charge in [-0.15, -0.1) is 0 Å². The molecule has 106 valence electrons. The minimum Gasteiger partial charge on any atom is -0.399 e. The summed E-state index contributed by atoms with van der Waals surface area (Å²) in [4.78, 5) is 13.9. The van der Waals surface area contributed by atoms with Crippen LogP contribution in [0.5, 0.6) is 0 Å². The summed E-state index contributed by atoms with van der Waals surface area (Å²) in [7, 11) is 0. The van der Waals surface area contributed by atoms with Crippen molar-refractivity contribution >= 4 is 11.6 Å². The van der Waals surface area contributed by atoms with Crippen molar-refractivity contribution < 1.29 is 4.79 Å². The zero-order chi connectivity index (χ0) is 15.1. The predicted octanol–water partition coefficient (Wildman–Crippen LogP) is 2.36. The van der Waals surface area contributed by atoms with Crippen molar-refractivity contribution in [2.45, 2.75) is 13.0 Å². The van der Waals surface area contributed by atoms with Crippen LogP contribution < -0.4 is 5.73 Å². The van der Waals surface area contributed by atoms with Crippen LogP contribution in [0.2, 0.25) is 0 Å². The molecule has 4 nitrogen and oxygen atoms in total. The number of rotatable bonds is 5. The molecule has 0 unspecified atom stereocenters. The SMILES string of the molecule is N#CCN(Cc1ccccc1)C(=O)Cc1ccc(N)cc1. The average Bonchev–Trinajstić information content (AvgIpc) is 2.50. The zero-order valence-corrected chi connectivity index (χ0v) is 11.7. The van der Waals surface area contributed by atoms with Crippen molar-refractivity contribution in [2.75, 3.05) is 12.3 Å². The Bertz CT molecular complexity index is 629. The molecule has 1 amide bonds. The standard InChI is InChI=1S/C17H17N3O/c18-10-11-20(13-15-4-2-1-3-5-15)17(21)12-14-6-8-16(19)9-7-14/h1-9H,11-13,19H2. The third kappa shape index (κ3) is 4.36. The van der Waals surface area contributed by atoms with Gasteiger partial charge in [-0.1, -0.05) is 42.5 Å². The molecule has 0 aliphatic heterocycles. The largest absolute Gasteiger partial charge is 0.399 e. The van der Waals surface area contributed by atoms with E-state index in [-0.39, 0.29) is 18.9 Å².